The Morgan fingerprint density at radius 1 is 0.800 bits per heavy atom. The summed E-state index contributed by atoms with van der Waals surface area (Å²) in [6, 6.07) is 0. The van der Waals surface area contributed by atoms with Crippen LogP contribution in [-0.4, -0.2) is 24.2 Å². The lowest BCUT2D eigenvalue weighted by molar-refractivity contribution is -0.121. The number of carbonyl (C=O) groups excluding carboxylic acids is 1. The van der Waals surface area contributed by atoms with E-state index in [4.69, 9.17) is 5.11 Å². The van der Waals surface area contributed by atoms with Gasteiger partial charge in [0, 0.05) is 13.0 Å². The van der Waals surface area contributed by atoms with Gasteiger partial charge < -0.3 is 10.4 Å². The van der Waals surface area contributed by atoms with Crippen LogP contribution in [0.3, 0.4) is 0 Å². The molecule has 25 heavy (non-hydrogen) atoms. The van der Waals surface area contributed by atoms with Gasteiger partial charge in [0.2, 0.25) is 5.91 Å². The fourth-order valence-corrected chi connectivity index (χ4v) is 2.23. The maximum Gasteiger partial charge on any atom is 0.220 e. The highest BCUT2D eigenvalue weighted by Gasteiger charge is 1.97. The van der Waals surface area contributed by atoms with Crippen molar-refractivity contribution in [1.29, 1.82) is 0 Å². The van der Waals surface area contributed by atoms with E-state index in [2.05, 4.69) is 60.8 Å². The van der Waals surface area contributed by atoms with Gasteiger partial charge >= 0.3 is 0 Å². The molecule has 0 fully saturated rings. The van der Waals surface area contributed by atoms with Gasteiger partial charge in [0.15, 0.2) is 0 Å². The first-order chi connectivity index (χ1) is 12.3. The zero-order valence-corrected chi connectivity index (χ0v) is 16.0. The van der Waals surface area contributed by atoms with Crippen molar-refractivity contribution in [3.63, 3.8) is 0 Å². The second-order valence-electron chi connectivity index (χ2n) is 6.05. The van der Waals surface area contributed by atoms with Crippen molar-refractivity contribution in [2.45, 2.75) is 71.1 Å². The summed E-state index contributed by atoms with van der Waals surface area (Å²) in [6.07, 6.45) is 28.0. The zero-order valence-electron chi connectivity index (χ0n) is 16.0. The van der Waals surface area contributed by atoms with Crippen molar-refractivity contribution in [2.75, 3.05) is 13.2 Å². The van der Waals surface area contributed by atoms with Gasteiger partial charge in [0.1, 0.15) is 0 Å². The average molecular weight is 348 g/mol. The molecule has 0 aromatic carbocycles. The van der Waals surface area contributed by atoms with Crippen molar-refractivity contribution >= 4 is 5.91 Å². The summed E-state index contributed by atoms with van der Waals surface area (Å²) in [5.41, 5.74) is 0. The third kappa shape index (κ3) is 20.3. The van der Waals surface area contributed by atoms with Gasteiger partial charge in [-0.3, -0.25) is 4.79 Å². The molecule has 0 rings (SSSR count). The molecule has 0 aliphatic carbocycles. The summed E-state index contributed by atoms with van der Waals surface area (Å²) in [6.45, 7) is 2.59. The number of carbonyl (C=O) groups is 1. The van der Waals surface area contributed by atoms with Crippen LogP contribution in [0.15, 0.2) is 48.6 Å². The van der Waals surface area contributed by atoms with Gasteiger partial charge in [-0.05, 0) is 44.9 Å². The largest absolute Gasteiger partial charge is 0.395 e. The van der Waals surface area contributed by atoms with E-state index in [-0.39, 0.29) is 12.5 Å². The number of rotatable bonds is 16. The van der Waals surface area contributed by atoms with Crippen LogP contribution in [0.4, 0.5) is 0 Å². The van der Waals surface area contributed by atoms with Crippen molar-refractivity contribution in [2.24, 2.45) is 0 Å². The van der Waals surface area contributed by atoms with E-state index in [0.29, 0.717) is 13.0 Å². The lowest BCUT2D eigenvalue weighted by atomic mass is 10.2. The predicted molar refractivity (Wildman–Crippen MR) is 108 cm³/mol. The summed E-state index contributed by atoms with van der Waals surface area (Å²) >= 11 is 0. The smallest absolute Gasteiger partial charge is 0.220 e. The van der Waals surface area contributed by atoms with Crippen molar-refractivity contribution in [3.8, 4) is 0 Å². The van der Waals surface area contributed by atoms with Gasteiger partial charge in [-0.15, -0.1) is 0 Å². The normalized spacial score (nSPS) is 12.2. The molecule has 0 atom stereocenters. The van der Waals surface area contributed by atoms with Crippen LogP contribution < -0.4 is 5.32 Å². The molecule has 0 aliphatic heterocycles. The first-order valence-electron chi connectivity index (χ1n) is 9.78. The van der Waals surface area contributed by atoms with Gasteiger partial charge in [-0.2, -0.15) is 0 Å². The van der Waals surface area contributed by atoms with E-state index in [9.17, 15) is 4.79 Å². The lowest BCUT2D eigenvalue weighted by Crippen LogP contribution is -2.25. The molecule has 0 aliphatic rings. The van der Waals surface area contributed by atoms with E-state index in [1.54, 1.807) is 0 Å². The third-order valence-electron chi connectivity index (χ3n) is 3.67. The second kappa shape index (κ2) is 20.4. The number of hydrogen-bond acceptors (Lipinski definition) is 2. The summed E-state index contributed by atoms with van der Waals surface area (Å²) in [4.78, 5) is 11.3. The quantitative estimate of drug-likeness (QED) is 0.296. The monoisotopic (exact) mass is 347 g/mol. The Labute approximate surface area is 154 Å². The van der Waals surface area contributed by atoms with E-state index < -0.39 is 0 Å². The third-order valence-corrected chi connectivity index (χ3v) is 3.67. The fourth-order valence-electron chi connectivity index (χ4n) is 2.23. The Morgan fingerprint density at radius 3 is 1.84 bits per heavy atom. The van der Waals surface area contributed by atoms with Crippen LogP contribution in [0.1, 0.15) is 71.1 Å². The number of allylic oxidation sites excluding steroid dienone is 8. The molecule has 142 valence electrons. The minimum Gasteiger partial charge on any atom is -0.395 e. The molecule has 1 amide bonds. The van der Waals surface area contributed by atoms with E-state index in [1.165, 1.54) is 25.7 Å². The van der Waals surface area contributed by atoms with Crippen LogP contribution in [0.5, 0.6) is 0 Å². The van der Waals surface area contributed by atoms with Crippen LogP contribution in [0, 0.1) is 0 Å². The first-order valence-corrected chi connectivity index (χ1v) is 9.78. The van der Waals surface area contributed by atoms with Crippen molar-refractivity contribution < 1.29 is 9.90 Å². The molecule has 0 radical (unpaired) electrons. The summed E-state index contributed by atoms with van der Waals surface area (Å²) in [5.74, 6) is 0.0185. The van der Waals surface area contributed by atoms with Gasteiger partial charge in [-0.25, -0.2) is 0 Å². The molecule has 0 bridgehead atoms. The van der Waals surface area contributed by atoms with Crippen molar-refractivity contribution in [1.82, 2.24) is 5.32 Å². The molecular formula is C22H37NO2. The Hall–Kier alpha value is -1.61. The molecule has 0 aromatic rings. The maximum absolute atomic E-state index is 11.3. The lowest BCUT2D eigenvalue weighted by Gasteiger charge is -2.00. The SMILES string of the molecule is CCCCCC=CCC=CCC=CC/C=C\CCCC(=O)NCCO. The molecule has 0 saturated carbocycles. The molecule has 3 nitrogen and oxygen atoms in total. The summed E-state index contributed by atoms with van der Waals surface area (Å²) in [7, 11) is 0. The fraction of sp³-hybridized carbons (Fsp3) is 0.591. The summed E-state index contributed by atoms with van der Waals surface area (Å²) < 4.78 is 0. The molecule has 0 heterocycles. The number of aliphatic hydroxyl groups is 1. The number of unbranched alkanes of at least 4 members (excludes halogenated alkanes) is 4. The Balaban J connectivity index is 3.44. The van der Waals surface area contributed by atoms with E-state index >= 15 is 0 Å². The molecular weight excluding hydrogens is 310 g/mol. The molecule has 0 spiro atoms. The highest BCUT2D eigenvalue weighted by molar-refractivity contribution is 5.75. The topological polar surface area (TPSA) is 49.3 Å². The number of aliphatic hydroxyl groups excluding tert-OH is 1. The van der Waals surface area contributed by atoms with E-state index in [0.717, 1.165) is 32.1 Å². The number of nitrogens with one attached hydrogen (secondary N) is 1. The van der Waals surface area contributed by atoms with Crippen LogP contribution >= 0.6 is 0 Å². The maximum atomic E-state index is 11.3. The molecule has 2 N–H and O–H groups in total. The minimum absolute atomic E-state index is 0.00289. The Bertz CT molecular complexity index is 408. The summed E-state index contributed by atoms with van der Waals surface area (Å²) in [5, 5.41) is 11.2. The highest BCUT2D eigenvalue weighted by atomic mass is 16.3. The molecule has 0 unspecified atom stereocenters. The highest BCUT2D eigenvalue weighted by Crippen LogP contribution is 2.01. The van der Waals surface area contributed by atoms with Gasteiger partial charge in [-0.1, -0.05) is 68.4 Å². The van der Waals surface area contributed by atoms with Gasteiger partial charge in [0.05, 0.1) is 6.61 Å². The zero-order chi connectivity index (χ0) is 18.4. The average Bonchev–Trinajstić information content (AvgIpc) is 2.62. The standard InChI is InChI=1S/C22H37NO2/c1-2-3-4-5-6-7-8-9-10-11-12-13-14-15-16-17-18-19-22(25)23-20-21-24/h6-7,9-10,12-13,15-16,24H,2-5,8,11,14,17-21H2,1H3,(H,23,25)/b7-6?,10-9?,13-12?,16-15-. The van der Waals surface area contributed by atoms with Gasteiger partial charge in [0.25, 0.3) is 0 Å². The number of amides is 1. The van der Waals surface area contributed by atoms with E-state index in [1.807, 2.05) is 0 Å². The number of hydrogen-bond donors (Lipinski definition) is 2. The molecule has 0 saturated heterocycles. The van der Waals surface area contributed by atoms with Crippen LogP contribution in [0.2, 0.25) is 0 Å². The second-order valence-corrected chi connectivity index (χ2v) is 6.05. The van der Waals surface area contributed by atoms with Crippen molar-refractivity contribution in [3.05, 3.63) is 48.6 Å². The molecule has 3 heteroatoms. The minimum atomic E-state index is 0.00289. The Morgan fingerprint density at radius 2 is 1.32 bits per heavy atom. The molecule has 0 aromatic heterocycles. The van der Waals surface area contributed by atoms with Crippen LogP contribution in [0.25, 0.3) is 0 Å². The Kier molecular flexibility index (Phi) is 19.1. The first kappa shape index (κ1) is 23.4. The predicted octanol–water partition coefficient (Wildman–Crippen LogP) is 5.24. The van der Waals surface area contributed by atoms with Crippen LogP contribution in [-0.2, 0) is 4.79 Å².